The van der Waals surface area contributed by atoms with E-state index < -0.39 is 6.09 Å². The summed E-state index contributed by atoms with van der Waals surface area (Å²) in [5.41, 5.74) is 5.48. The summed E-state index contributed by atoms with van der Waals surface area (Å²) in [4.78, 5) is 11.4. The van der Waals surface area contributed by atoms with Crippen molar-refractivity contribution in [2.75, 3.05) is 6.61 Å². The third kappa shape index (κ3) is 3.72. The van der Waals surface area contributed by atoms with E-state index in [1.165, 1.54) is 0 Å². The van der Waals surface area contributed by atoms with Gasteiger partial charge in [0.2, 0.25) is 0 Å². The molecule has 0 aliphatic heterocycles. The maximum absolute atomic E-state index is 11.4. The molecule has 1 fully saturated rings. The van der Waals surface area contributed by atoms with Gasteiger partial charge in [0.25, 0.3) is 0 Å². The van der Waals surface area contributed by atoms with Crippen LogP contribution in [0.5, 0.6) is 0 Å². The largest absolute Gasteiger partial charge is 0.449 e. The molecule has 1 aliphatic rings. The lowest BCUT2D eigenvalue weighted by Gasteiger charge is -2.19. The number of alkyl carbamates (subject to hydrolysis) is 1. The van der Waals surface area contributed by atoms with Crippen molar-refractivity contribution in [3.05, 3.63) is 0 Å². The first-order chi connectivity index (χ1) is 7.50. The monoisotopic (exact) mass is 227 g/mol. The summed E-state index contributed by atoms with van der Waals surface area (Å²) < 4.78 is 5.03. The zero-order valence-corrected chi connectivity index (χ0v) is 9.95. The van der Waals surface area contributed by atoms with Crippen molar-refractivity contribution >= 4 is 11.9 Å². The van der Waals surface area contributed by atoms with E-state index in [1.807, 2.05) is 13.8 Å². The van der Waals surface area contributed by atoms with Crippen LogP contribution in [0, 0.1) is 17.2 Å². The van der Waals surface area contributed by atoms with E-state index in [-0.39, 0.29) is 17.8 Å². The molecule has 5 heteroatoms. The molecule has 4 N–H and O–H groups in total. The van der Waals surface area contributed by atoms with Crippen LogP contribution in [0.3, 0.4) is 0 Å². The highest BCUT2D eigenvalue weighted by molar-refractivity contribution is 5.81. The molecule has 2 atom stereocenters. The van der Waals surface area contributed by atoms with E-state index in [0.717, 1.165) is 19.3 Å². The number of hydrogen-bond acceptors (Lipinski definition) is 3. The molecule has 92 valence electrons. The van der Waals surface area contributed by atoms with Gasteiger partial charge in [-0.2, -0.15) is 0 Å². The van der Waals surface area contributed by atoms with E-state index in [1.54, 1.807) is 0 Å². The fourth-order valence-electron chi connectivity index (χ4n) is 1.94. The van der Waals surface area contributed by atoms with Crippen molar-refractivity contribution in [3.63, 3.8) is 0 Å². The Balaban J connectivity index is 2.35. The van der Waals surface area contributed by atoms with Crippen LogP contribution in [0.25, 0.3) is 0 Å². The molecule has 0 bridgehead atoms. The van der Waals surface area contributed by atoms with Crippen molar-refractivity contribution in [1.29, 1.82) is 5.41 Å². The van der Waals surface area contributed by atoms with Crippen LogP contribution in [-0.4, -0.2) is 24.6 Å². The minimum atomic E-state index is -0.396. The minimum Gasteiger partial charge on any atom is -0.449 e. The zero-order chi connectivity index (χ0) is 12.1. The molecule has 5 nitrogen and oxygen atoms in total. The minimum absolute atomic E-state index is 0.0217. The summed E-state index contributed by atoms with van der Waals surface area (Å²) in [5, 5.41) is 10.2. The number of nitrogens with one attached hydrogen (secondary N) is 2. The number of carbonyl (C=O) groups excluding carboxylic acids is 1. The molecule has 0 spiro atoms. The van der Waals surface area contributed by atoms with Crippen molar-refractivity contribution in [3.8, 4) is 0 Å². The average Bonchev–Trinajstić information content (AvgIpc) is 2.62. The second-order valence-corrected chi connectivity index (χ2v) is 4.74. The summed E-state index contributed by atoms with van der Waals surface area (Å²) in [5.74, 6) is 0.469. The Morgan fingerprint density at radius 2 is 2.25 bits per heavy atom. The van der Waals surface area contributed by atoms with Crippen molar-refractivity contribution in [2.45, 2.75) is 39.2 Å². The molecule has 1 amide bonds. The maximum Gasteiger partial charge on any atom is 0.407 e. The van der Waals surface area contributed by atoms with Crippen molar-refractivity contribution in [2.24, 2.45) is 17.6 Å². The topological polar surface area (TPSA) is 88.2 Å². The van der Waals surface area contributed by atoms with Gasteiger partial charge >= 0.3 is 6.09 Å². The molecule has 1 saturated carbocycles. The second kappa shape index (κ2) is 5.72. The standard InChI is InChI=1S/C11H21N3O2/c1-7(2)6-16-11(15)14-9-5-3-4-8(9)10(12)13/h7-9H,3-6H2,1-2H3,(H3,12,13)(H,14,15). The summed E-state index contributed by atoms with van der Waals surface area (Å²) in [7, 11) is 0. The zero-order valence-electron chi connectivity index (χ0n) is 9.95. The number of hydrogen-bond donors (Lipinski definition) is 3. The van der Waals surface area contributed by atoms with E-state index in [9.17, 15) is 4.79 Å². The SMILES string of the molecule is CC(C)COC(=O)NC1CCCC1C(=N)N. The number of carbonyl (C=O) groups is 1. The molecular formula is C11H21N3O2. The number of nitrogens with two attached hydrogens (primary N) is 1. The molecule has 0 heterocycles. The number of ether oxygens (including phenoxy) is 1. The van der Waals surface area contributed by atoms with Gasteiger partial charge in [-0.1, -0.05) is 20.3 Å². The summed E-state index contributed by atoms with van der Waals surface area (Å²) >= 11 is 0. The number of amides is 1. The van der Waals surface area contributed by atoms with Gasteiger partial charge < -0.3 is 15.8 Å². The lowest BCUT2D eigenvalue weighted by atomic mass is 10.0. The van der Waals surface area contributed by atoms with E-state index in [0.29, 0.717) is 12.5 Å². The summed E-state index contributed by atoms with van der Waals surface area (Å²) in [6.45, 7) is 4.39. The average molecular weight is 227 g/mol. The van der Waals surface area contributed by atoms with Gasteiger partial charge in [-0.25, -0.2) is 4.79 Å². The highest BCUT2D eigenvalue weighted by Crippen LogP contribution is 2.25. The Bertz CT molecular complexity index is 266. The van der Waals surface area contributed by atoms with Crippen molar-refractivity contribution < 1.29 is 9.53 Å². The first-order valence-electron chi connectivity index (χ1n) is 5.78. The van der Waals surface area contributed by atoms with Crippen LogP contribution in [0.4, 0.5) is 4.79 Å². The molecule has 0 radical (unpaired) electrons. The lowest BCUT2D eigenvalue weighted by molar-refractivity contribution is 0.128. The van der Waals surface area contributed by atoms with Gasteiger partial charge in [0.15, 0.2) is 0 Å². The molecular weight excluding hydrogens is 206 g/mol. The Hall–Kier alpha value is -1.26. The van der Waals surface area contributed by atoms with Crippen LogP contribution in [0.2, 0.25) is 0 Å². The molecule has 0 saturated heterocycles. The van der Waals surface area contributed by atoms with Gasteiger partial charge in [0.05, 0.1) is 12.4 Å². The quantitative estimate of drug-likeness (QED) is 0.502. The number of amidine groups is 1. The van der Waals surface area contributed by atoms with E-state index in [2.05, 4.69) is 5.32 Å². The van der Waals surface area contributed by atoms with E-state index in [4.69, 9.17) is 15.9 Å². The Kier molecular flexibility index (Phi) is 4.58. The Labute approximate surface area is 96.2 Å². The predicted octanol–water partition coefficient (Wildman–Crippen LogP) is 1.47. The third-order valence-corrected chi connectivity index (χ3v) is 2.77. The summed E-state index contributed by atoms with van der Waals surface area (Å²) in [6.07, 6.45) is 2.36. The molecule has 16 heavy (non-hydrogen) atoms. The fraction of sp³-hybridized carbons (Fsp3) is 0.818. The second-order valence-electron chi connectivity index (χ2n) is 4.74. The van der Waals surface area contributed by atoms with Crippen LogP contribution in [-0.2, 0) is 4.74 Å². The molecule has 0 aromatic heterocycles. The van der Waals surface area contributed by atoms with Crippen LogP contribution < -0.4 is 11.1 Å². The van der Waals surface area contributed by atoms with E-state index >= 15 is 0 Å². The summed E-state index contributed by atoms with van der Waals surface area (Å²) in [6, 6.07) is -0.0304. The van der Waals surface area contributed by atoms with Crippen molar-refractivity contribution in [1.82, 2.24) is 5.32 Å². The Morgan fingerprint density at radius 3 is 2.81 bits per heavy atom. The smallest absolute Gasteiger partial charge is 0.407 e. The van der Waals surface area contributed by atoms with Gasteiger partial charge in [-0.15, -0.1) is 0 Å². The molecule has 0 aromatic rings. The Morgan fingerprint density at radius 1 is 1.56 bits per heavy atom. The lowest BCUT2D eigenvalue weighted by Crippen LogP contribution is -2.42. The molecule has 1 rings (SSSR count). The molecule has 0 aromatic carbocycles. The van der Waals surface area contributed by atoms with Crippen LogP contribution >= 0.6 is 0 Å². The highest BCUT2D eigenvalue weighted by atomic mass is 16.5. The predicted molar refractivity (Wildman–Crippen MR) is 62.4 cm³/mol. The fourth-order valence-corrected chi connectivity index (χ4v) is 1.94. The van der Waals surface area contributed by atoms with Gasteiger partial charge in [-0.3, -0.25) is 5.41 Å². The normalized spacial score (nSPS) is 24.4. The molecule has 2 unspecified atom stereocenters. The van der Waals surface area contributed by atoms with Crippen LogP contribution in [0.15, 0.2) is 0 Å². The first kappa shape index (κ1) is 12.8. The first-order valence-corrected chi connectivity index (χ1v) is 5.78. The van der Waals surface area contributed by atoms with Gasteiger partial charge in [0, 0.05) is 12.0 Å². The van der Waals surface area contributed by atoms with Crippen LogP contribution in [0.1, 0.15) is 33.1 Å². The van der Waals surface area contributed by atoms with Gasteiger partial charge in [-0.05, 0) is 18.8 Å². The number of rotatable bonds is 4. The maximum atomic E-state index is 11.4. The van der Waals surface area contributed by atoms with Gasteiger partial charge in [0.1, 0.15) is 0 Å². The highest BCUT2D eigenvalue weighted by Gasteiger charge is 2.30. The third-order valence-electron chi connectivity index (χ3n) is 2.77. The molecule has 1 aliphatic carbocycles.